The Morgan fingerprint density at radius 3 is 2.84 bits per heavy atom. The van der Waals surface area contributed by atoms with Crippen LogP contribution in [0.15, 0.2) is 22.7 Å². The number of benzene rings is 1. The lowest BCUT2D eigenvalue weighted by atomic mass is 9.85. The molecule has 2 unspecified atom stereocenters. The minimum atomic E-state index is 0.0204. The fourth-order valence-electron chi connectivity index (χ4n) is 2.71. The third-order valence-electron chi connectivity index (χ3n) is 3.86. The van der Waals surface area contributed by atoms with Gasteiger partial charge in [0.1, 0.15) is 0 Å². The van der Waals surface area contributed by atoms with Crippen molar-refractivity contribution >= 4 is 33.4 Å². The number of aryl methyl sites for hydroxylation is 1. The molecule has 2 nitrogen and oxygen atoms in total. The summed E-state index contributed by atoms with van der Waals surface area (Å²) in [5.74, 6) is 1.06. The van der Waals surface area contributed by atoms with E-state index >= 15 is 0 Å². The van der Waals surface area contributed by atoms with Crippen molar-refractivity contribution in [2.24, 2.45) is 5.92 Å². The third-order valence-corrected chi connectivity index (χ3v) is 4.75. The highest BCUT2D eigenvalue weighted by Gasteiger charge is 2.26. The molecule has 1 aromatic carbocycles. The second kappa shape index (κ2) is 6.76. The van der Waals surface area contributed by atoms with Crippen LogP contribution in [-0.4, -0.2) is 17.8 Å². The third kappa shape index (κ3) is 3.73. The van der Waals surface area contributed by atoms with E-state index in [1.807, 2.05) is 25.1 Å². The van der Waals surface area contributed by atoms with Gasteiger partial charge in [0.15, 0.2) is 0 Å². The first kappa shape index (κ1) is 14.9. The van der Waals surface area contributed by atoms with Crippen LogP contribution in [0.4, 0.5) is 0 Å². The lowest BCUT2D eigenvalue weighted by Gasteiger charge is -2.31. The van der Waals surface area contributed by atoms with Gasteiger partial charge in [0.05, 0.1) is 0 Å². The molecule has 2 atom stereocenters. The zero-order valence-corrected chi connectivity index (χ0v) is 13.4. The van der Waals surface area contributed by atoms with Gasteiger partial charge in [0.25, 0.3) is 5.91 Å². The van der Waals surface area contributed by atoms with Crippen LogP contribution in [-0.2, 0) is 0 Å². The summed E-state index contributed by atoms with van der Waals surface area (Å²) in [5, 5.41) is 3.16. The molecule has 104 valence electrons. The van der Waals surface area contributed by atoms with E-state index < -0.39 is 0 Å². The molecular weight excluding hydrogens is 326 g/mol. The maximum atomic E-state index is 12.3. The summed E-state index contributed by atoms with van der Waals surface area (Å²) in [6, 6.07) is 5.96. The first-order valence-electron chi connectivity index (χ1n) is 6.75. The van der Waals surface area contributed by atoms with Gasteiger partial charge in [-0.05, 0) is 49.4 Å². The topological polar surface area (TPSA) is 29.1 Å². The Hall–Kier alpha value is -0.540. The number of amides is 1. The van der Waals surface area contributed by atoms with Gasteiger partial charge in [-0.15, -0.1) is 11.6 Å². The van der Waals surface area contributed by atoms with Gasteiger partial charge in [0, 0.05) is 22.0 Å². The smallest absolute Gasteiger partial charge is 0.251 e. The number of alkyl halides is 1. The largest absolute Gasteiger partial charge is 0.349 e. The predicted molar refractivity (Wildman–Crippen MR) is 82.8 cm³/mol. The number of carbonyl (C=O) groups is 1. The van der Waals surface area contributed by atoms with Crippen molar-refractivity contribution in [2.45, 2.75) is 38.6 Å². The monoisotopic (exact) mass is 343 g/mol. The Morgan fingerprint density at radius 1 is 1.42 bits per heavy atom. The quantitative estimate of drug-likeness (QED) is 0.815. The Labute approximate surface area is 128 Å². The van der Waals surface area contributed by atoms with Gasteiger partial charge in [-0.3, -0.25) is 4.79 Å². The Balaban J connectivity index is 2.07. The summed E-state index contributed by atoms with van der Waals surface area (Å²) < 4.78 is 0.998. The van der Waals surface area contributed by atoms with Crippen LogP contribution < -0.4 is 5.32 Å². The average molecular weight is 345 g/mol. The molecule has 19 heavy (non-hydrogen) atoms. The van der Waals surface area contributed by atoms with E-state index in [4.69, 9.17) is 11.6 Å². The van der Waals surface area contributed by atoms with Gasteiger partial charge in [-0.2, -0.15) is 0 Å². The highest BCUT2D eigenvalue weighted by atomic mass is 79.9. The Morgan fingerprint density at radius 2 is 2.16 bits per heavy atom. The molecule has 0 aromatic heterocycles. The summed E-state index contributed by atoms with van der Waals surface area (Å²) in [6.45, 7) is 1.96. The first-order chi connectivity index (χ1) is 9.11. The molecule has 0 aliphatic heterocycles. The van der Waals surface area contributed by atoms with E-state index in [2.05, 4.69) is 21.2 Å². The fourth-order valence-corrected chi connectivity index (χ4v) is 3.56. The van der Waals surface area contributed by atoms with E-state index in [0.717, 1.165) is 28.4 Å². The number of hydrogen-bond acceptors (Lipinski definition) is 1. The first-order valence-corrected chi connectivity index (χ1v) is 8.07. The maximum Gasteiger partial charge on any atom is 0.251 e. The number of hydrogen-bond donors (Lipinski definition) is 1. The summed E-state index contributed by atoms with van der Waals surface area (Å²) in [7, 11) is 0. The molecule has 0 radical (unpaired) electrons. The highest BCUT2D eigenvalue weighted by molar-refractivity contribution is 9.10. The second-order valence-electron chi connectivity index (χ2n) is 5.24. The van der Waals surface area contributed by atoms with Crippen LogP contribution in [0.2, 0.25) is 0 Å². The van der Waals surface area contributed by atoms with Crippen molar-refractivity contribution in [1.82, 2.24) is 5.32 Å². The van der Waals surface area contributed by atoms with E-state index in [1.54, 1.807) is 0 Å². The summed E-state index contributed by atoms with van der Waals surface area (Å²) in [4.78, 5) is 12.3. The van der Waals surface area contributed by atoms with Gasteiger partial charge in [0.2, 0.25) is 0 Å². The lowest BCUT2D eigenvalue weighted by Crippen LogP contribution is -2.43. The Bertz CT molecular complexity index is 463. The van der Waals surface area contributed by atoms with E-state index in [1.165, 1.54) is 12.8 Å². The van der Waals surface area contributed by atoms with E-state index in [-0.39, 0.29) is 11.9 Å². The molecule has 1 fully saturated rings. The van der Waals surface area contributed by atoms with Crippen molar-refractivity contribution in [3.8, 4) is 0 Å². The molecular formula is C15H19BrClNO. The van der Waals surface area contributed by atoms with Gasteiger partial charge >= 0.3 is 0 Å². The molecule has 0 spiro atoms. The average Bonchev–Trinajstić information content (AvgIpc) is 2.39. The standard InChI is InChI=1S/C15H19BrClNO/c1-10-8-12(16)6-7-13(10)15(19)18-14-5-3-2-4-11(14)9-17/h6-8,11,14H,2-5,9H2,1H3,(H,18,19). The minimum Gasteiger partial charge on any atom is -0.349 e. The van der Waals surface area contributed by atoms with E-state index in [9.17, 15) is 4.79 Å². The number of rotatable bonds is 3. The number of halogens is 2. The molecule has 0 heterocycles. The normalized spacial score (nSPS) is 23.1. The molecule has 0 bridgehead atoms. The van der Waals surface area contributed by atoms with Crippen LogP contribution >= 0.6 is 27.5 Å². The Kier molecular flexibility index (Phi) is 5.28. The second-order valence-corrected chi connectivity index (χ2v) is 6.46. The number of carbonyl (C=O) groups excluding carboxylic acids is 1. The predicted octanol–water partition coefficient (Wildman–Crippen LogP) is 4.28. The van der Waals surface area contributed by atoms with Crippen LogP contribution in [0.5, 0.6) is 0 Å². The van der Waals surface area contributed by atoms with Crippen molar-refractivity contribution < 1.29 is 4.79 Å². The fraction of sp³-hybridized carbons (Fsp3) is 0.533. The van der Waals surface area contributed by atoms with E-state index in [0.29, 0.717) is 11.8 Å². The molecule has 1 aliphatic rings. The van der Waals surface area contributed by atoms with Crippen molar-refractivity contribution in [1.29, 1.82) is 0 Å². The minimum absolute atomic E-state index is 0.0204. The zero-order chi connectivity index (χ0) is 13.8. The zero-order valence-electron chi connectivity index (χ0n) is 11.1. The van der Waals surface area contributed by atoms with Crippen LogP contribution in [0.25, 0.3) is 0 Å². The molecule has 1 amide bonds. The highest BCUT2D eigenvalue weighted by Crippen LogP contribution is 2.26. The summed E-state index contributed by atoms with van der Waals surface area (Å²) in [6.07, 6.45) is 4.56. The molecule has 2 rings (SSSR count). The lowest BCUT2D eigenvalue weighted by molar-refractivity contribution is 0.0910. The molecule has 0 saturated heterocycles. The van der Waals surface area contributed by atoms with Gasteiger partial charge in [-0.25, -0.2) is 0 Å². The van der Waals surface area contributed by atoms with Crippen molar-refractivity contribution in [3.63, 3.8) is 0 Å². The van der Waals surface area contributed by atoms with Crippen LogP contribution in [0.3, 0.4) is 0 Å². The molecule has 1 aliphatic carbocycles. The van der Waals surface area contributed by atoms with Crippen LogP contribution in [0, 0.1) is 12.8 Å². The molecule has 1 aromatic rings. The van der Waals surface area contributed by atoms with Crippen LogP contribution in [0.1, 0.15) is 41.6 Å². The summed E-state index contributed by atoms with van der Waals surface area (Å²) >= 11 is 9.41. The molecule has 1 saturated carbocycles. The van der Waals surface area contributed by atoms with Crippen molar-refractivity contribution in [3.05, 3.63) is 33.8 Å². The SMILES string of the molecule is Cc1cc(Br)ccc1C(=O)NC1CCCCC1CCl. The van der Waals surface area contributed by atoms with Gasteiger partial charge in [-0.1, -0.05) is 28.8 Å². The molecule has 1 N–H and O–H groups in total. The van der Waals surface area contributed by atoms with Gasteiger partial charge < -0.3 is 5.32 Å². The summed E-state index contributed by atoms with van der Waals surface area (Å²) in [5.41, 5.74) is 1.74. The maximum absolute atomic E-state index is 12.3. The number of nitrogens with one attached hydrogen (secondary N) is 1. The van der Waals surface area contributed by atoms with Crippen molar-refractivity contribution in [2.75, 3.05) is 5.88 Å². The molecule has 4 heteroatoms.